The summed E-state index contributed by atoms with van der Waals surface area (Å²) in [7, 11) is 0. The zero-order chi connectivity index (χ0) is 11.4. The van der Waals surface area contributed by atoms with Crippen molar-refractivity contribution in [1.82, 2.24) is 0 Å². The van der Waals surface area contributed by atoms with E-state index in [2.05, 4.69) is 5.32 Å². The zero-order valence-corrected chi connectivity index (χ0v) is 8.40. The second-order valence-corrected chi connectivity index (χ2v) is 3.24. The van der Waals surface area contributed by atoms with Crippen molar-refractivity contribution >= 4 is 5.69 Å². The van der Waals surface area contributed by atoms with E-state index in [0.29, 0.717) is 12.2 Å². The molecule has 0 fully saturated rings. The van der Waals surface area contributed by atoms with E-state index in [-0.39, 0.29) is 5.56 Å². The Balaban J connectivity index is 2.08. The van der Waals surface area contributed by atoms with Gasteiger partial charge in [0.25, 0.3) is 0 Å². The Hall–Kier alpha value is -2.28. The topological polar surface area (TPSA) is 49.0 Å². The van der Waals surface area contributed by atoms with Crippen LogP contribution in [-0.2, 0) is 6.54 Å². The molecule has 2 rings (SSSR count). The van der Waals surface area contributed by atoms with Gasteiger partial charge in [0.1, 0.15) is 17.6 Å². The average molecular weight is 216 g/mol. The smallest absolute Gasteiger partial charge is 0.141 e. The zero-order valence-electron chi connectivity index (χ0n) is 8.40. The Morgan fingerprint density at radius 2 is 2.25 bits per heavy atom. The van der Waals surface area contributed by atoms with Gasteiger partial charge < -0.3 is 9.73 Å². The molecule has 1 N–H and O–H groups in total. The van der Waals surface area contributed by atoms with Gasteiger partial charge in [-0.2, -0.15) is 5.26 Å². The monoisotopic (exact) mass is 216 g/mol. The van der Waals surface area contributed by atoms with Crippen LogP contribution in [0.1, 0.15) is 11.3 Å². The number of hydrogen-bond donors (Lipinski definition) is 1. The largest absolute Gasteiger partial charge is 0.467 e. The van der Waals surface area contributed by atoms with Gasteiger partial charge in [0.2, 0.25) is 0 Å². The standard InChI is InChI=1S/C12H9FN2O/c13-12-4-3-10(6-9(12)7-14)15-8-11-2-1-5-16-11/h1-6,15H,8H2. The van der Waals surface area contributed by atoms with E-state index in [0.717, 1.165) is 5.76 Å². The molecule has 0 unspecified atom stereocenters. The minimum absolute atomic E-state index is 0.0319. The van der Waals surface area contributed by atoms with Crippen molar-refractivity contribution in [2.24, 2.45) is 0 Å². The van der Waals surface area contributed by atoms with Crippen molar-refractivity contribution in [2.75, 3.05) is 5.32 Å². The highest BCUT2D eigenvalue weighted by Gasteiger charge is 2.02. The van der Waals surface area contributed by atoms with Crippen molar-refractivity contribution < 1.29 is 8.81 Å². The van der Waals surface area contributed by atoms with Gasteiger partial charge in [-0.05, 0) is 30.3 Å². The first-order valence-electron chi connectivity index (χ1n) is 4.75. The summed E-state index contributed by atoms with van der Waals surface area (Å²) in [4.78, 5) is 0. The van der Waals surface area contributed by atoms with Crippen LogP contribution in [0.4, 0.5) is 10.1 Å². The maximum absolute atomic E-state index is 13.0. The fraction of sp³-hybridized carbons (Fsp3) is 0.0833. The second kappa shape index (κ2) is 4.49. The third-order valence-corrected chi connectivity index (χ3v) is 2.13. The number of hydrogen-bond acceptors (Lipinski definition) is 3. The summed E-state index contributed by atoms with van der Waals surface area (Å²) in [6.45, 7) is 0.503. The number of halogens is 1. The molecule has 0 atom stereocenters. The molecule has 4 heteroatoms. The van der Waals surface area contributed by atoms with Gasteiger partial charge >= 0.3 is 0 Å². The predicted molar refractivity (Wildman–Crippen MR) is 57.1 cm³/mol. The lowest BCUT2D eigenvalue weighted by molar-refractivity contribution is 0.518. The van der Waals surface area contributed by atoms with Crippen LogP contribution in [0, 0.1) is 17.1 Å². The molecule has 0 aliphatic rings. The molecule has 3 nitrogen and oxygen atoms in total. The Labute approximate surface area is 92.1 Å². The van der Waals surface area contributed by atoms with Crippen LogP contribution in [0.5, 0.6) is 0 Å². The summed E-state index contributed by atoms with van der Waals surface area (Å²) in [5.74, 6) is 0.272. The van der Waals surface area contributed by atoms with E-state index in [1.54, 1.807) is 24.5 Å². The predicted octanol–water partition coefficient (Wildman–Crippen LogP) is 2.90. The van der Waals surface area contributed by atoms with Gasteiger partial charge in [0, 0.05) is 5.69 Å². The summed E-state index contributed by atoms with van der Waals surface area (Å²) in [6, 6.07) is 9.74. The molecule has 0 radical (unpaired) electrons. The number of anilines is 1. The van der Waals surface area contributed by atoms with Crippen molar-refractivity contribution in [3.05, 3.63) is 53.7 Å². The first-order chi connectivity index (χ1) is 7.79. The Kier molecular flexibility index (Phi) is 2.88. The second-order valence-electron chi connectivity index (χ2n) is 3.24. The van der Waals surface area contributed by atoms with Gasteiger partial charge in [-0.3, -0.25) is 0 Å². The minimum atomic E-state index is -0.508. The van der Waals surface area contributed by atoms with E-state index in [1.807, 2.05) is 6.07 Å². The third-order valence-electron chi connectivity index (χ3n) is 2.13. The molecule has 1 heterocycles. The molecule has 0 spiro atoms. The van der Waals surface area contributed by atoms with Gasteiger partial charge in [-0.15, -0.1) is 0 Å². The van der Waals surface area contributed by atoms with Crippen LogP contribution in [0.15, 0.2) is 41.0 Å². The molecule has 0 aliphatic heterocycles. The molecule has 0 aliphatic carbocycles. The fourth-order valence-electron chi connectivity index (χ4n) is 1.32. The molecular formula is C12H9FN2O. The van der Waals surface area contributed by atoms with Crippen LogP contribution in [-0.4, -0.2) is 0 Å². The van der Waals surface area contributed by atoms with Gasteiger partial charge in [-0.1, -0.05) is 0 Å². The van der Waals surface area contributed by atoms with Crippen molar-refractivity contribution in [2.45, 2.75) is 6.54 Å². The maximum atomic E-state index is 13.0. The lowest BCUT2D eigenvalue weighted by atomic mass is 10.2. The molecule has 0 saturated heterocycles. The lowest BCUT2D eigenvalue weighted by Gasteiger charge is -2.04. The number of benzene rings is 1. The van der Waals surface area contributed by atoms with Crippen molar-refractivity contribution in [3.8, 4) is 6.07 Å². The van der Waals surface area contributed by atoms with Gasteiger partial charge in [-0.25, -0.2) is 4.39 Å². The molecule has 16 heavy (non-hydrogen) atoms. The van der Waals surface area contributed by atoms with Crippen LogP contribution >= 0.6 is 0 Å². The van der Waals surface area contributed by atoms with E-state index in [1.165, 1.54) is 12.1 Å². The van der Waals surface area contributed by atoms with Crippen LogP contribution < -0.4 is 5.32 Å². The normalized spacial score (nSPS) is 9.75. The van der Waals surface area contributed by atoms with E-state index >= 15 is 0 Å². The Bertz CT molecular complexity index is 514. The summed E-state index contributed by atoms with van der Waals surface area (Å²) < 4.78 is 18.1. The number of nitrogens with zero attached hydrogens (tertiary/aromatic N) is 1. The van der Waals surface area contributed by atoms with Gasteiger partial charge in [0.05, 0.1) is 18.4 Å². The van der Waals surface area contributed by atoms with Crippen LogP contribution in [0.2, 0.25) is 0 Å². The summed E-state index contributed by atoms with van der Waals surface area (Å²) in [5.41, 5.74) is 0.721. The molecule has 0 saturated carbocycles. The number of furan rings is 1. The number of nitriles is 1. The van der Waals surface area contributed by atoms with E-state index < -0.39 is 5.82 Å². The molecule has 0 amide bonds. The first-order valence-corrected chi connectivity index (χ1v) is 4.75. The average Bonchev–Trinajstić information content (AvgIpc) is 2.81. The molecule has 1 aromatic carbocycles. The highest BCUT2D eigenvalue weighted by Crippen LogP contribution is 2.14. The van der Waals surface area contributed by atoms with Crippen molar-refractivity contribution in [3.63, 3.8) is 0 Å². The van der Waals surface area contributed by atoms with Crippen LogP contribution in [0.25, 0.3) is 0 Å². The Morgan fingerprint density at radius 1 is 1.38 bits per heavy atom. The van der Waals surface area contributed by atoms with Crippen molar-refractivity contribution in [1.29, 1.82) is 5.26 Å². The SMILES string of the molecule is N#Cc1cc(NCc2ccco2)ccc1F. The summed E-state index contributed by atoms with van der Waals surface area (Å²) >= 11 is 0. The van der Waals surface area contributed by atoms with E-state index in [4.69, 9.17) is 9.68 Å². The van der Waals surface area contributed by atoms with E-state index in [9.17, 15) is 4.39 Å². The number of rotatable bonds is 3. The third kappa shape index (κ3) is 2.20. The fourth-order valence-corrected chi connectivity index (χ4v) is 1.32. The lowest BCUT2D eigenvalue weighted by Crippen LogP contribution is -1.98. The highest BCUT2D eigenvalue weighted by atomic mass is 19.1. The quantitative estimate of drug-likeness (QED) is 0.858. The molecule has 1 aromatic heterocycles. The maximum Gasteiger partial charge on any atom is 0.141 e. The summed E-state index contributed by atoms with van der Waals surface area (Å²) in [5, 5.41) is 11.7. The molecule has 0 bridgehead atoms. The molecular weight excluding hydrogens is 207 g/mol. The Morgan fingerprint density at radius 3 is 2.94 bits per heavy atom. The van der Waals surface area contributed by atoms with Crippen LogP contribution in [0.3, 0.4) is 0 Å². The van der Waals surface area contributed by atoms with Gasteiger partial charge in [0.15, 0.2) is 0 Å². The molecule has 80 valence electrons. The number of nitrogens with one attached hydrogen (secondary N) is 1. The first kappa shape index (κ1) is 10.2. The summed E-state index contributed by atoms with van der Waals surface area (Å²) in [6.07, 6.45) is 1.59. The highest BCUT2D eigenvalue weighted by molar-refractivity contribution is 5.49. The minimum Gasteiger partial charge on any atom is -0.467 e. The molecule has 2 aromatic rings.